The number of halogens is 1. The van der Waals surface area contributed by atoms with Gasteiger partial charge in [-0.25, -0.2) is 9.37 Å². The van der Waals surface area contributed by atoms with Crippen LogP contribution in [0.25, 0.3) is 22.2 Å². The molecular formula is C20H16FN3OS. The summed E-state index contributed by atoms with van der Waals surface area (Å²) in [5.41, 5.74) is 3.75. The van der Waals surface area contributed by atoms with Crippen molar-refractivity contribution in [1.29, 1.82) is 0 Å². The number of aromatic amines is 1. The molecule has 0 fully saturated rings. The number of anilines is 1. The van der Waals surface area contributed by atoms with Crippen molar-refractivity contribution in [2.24, 2.45) is 0 Å². The molecule has 2 heterocycles. The molecule has 0 bridgehead atoms. The van der Waals surface area contributed by atoms with E-state index in [1.165, 1.54) is 23.5 Å². The van der Waals surface area contributed by atoms with Gasteiger partial charge < -0.3 is 10.3 Å². The minimum Gasteiger partial charge on any atom is -0.361 e. The Morgan fingerprint density at radius 3 is 2.81 bits per heavy atom. The minimum absolute atomic E-state index is 0.0738. The zero-order valence-corrected chi connectivity index (χ0v) is 14.6. The number of hydrogen-bond donors (Lipinski definition) is 2. The number of fused-ring (bicyclic) bond motifs is 1. The number of amides is 1. The number of H-pyrrole nitrogens is 1. The molecule has 0 unspecified atom stereocenters. The smallest absolute Gasteiger partial charge is 0.226 e. The Morgan fingerprint density at radius 1 is 1.15 bits per heavy atom. The Morgan fingerprint density at radius 2 is 1.96 bits per heavy atom. The van der Waals surface area contributed by atoms with Crippen molar-refractivity contribution in [3.63, 3.8) is 0 Å². The van der Waals surface area contributed by atoms with Crippen molar-refractivity contribution >= 4 is 33.3 Å². The Hall–Kier alpha value is -2.99. The molecule has 0 saturated heterocycles. The first-order valence-electron chi connectivity index (χ1n) is 8.25. The number of nitrogens with one attached hydrogen (secondary N) is 2. The van der Waals surface area contributed by atoms with Gasteiger partial charge in [-0.05, 0) is 42.3 Å². The molecule has 0 radical (unpaired) electrons. The van der Waals surface area contributed by atoms with Gasteiger partial charge in [0.1, 0.15) is 5.82 Å². The highest BCUT2D eigenvalue weighted by Crippen LogP contribution is 2.25. The predicted octanol–water partition coefficient (Wildman–Crippen LogP) is 5.00. The predicted molar refractivity (Wildman–Crippen MR) is 103 cm³/mol. The zero-order valence-electron chi connectivity index (χ0n) is 13.8. The van der Waals surface area contributed by atoms with Gasteiger partial charge in [0, 0.05) is 34.5 Å². The number of aromatic nitrogens is 2. The van der Waals surface area contributed by atoms with Crippen LogP contribution in [-0.4, -0.2) is 15.9 Å². The van der Waals surface area contributed by atoms with Gasteiger partial charge in [-0.2, -0.15) is 0 Å². The second-order valence-corrected chi connectivity index (χ2v) is 6.81. The molecule has 6 heteroatoms. The highest BCUT2D eigenvalue weighted by Gasteiger charge is 2.10. The lowest BCUT2D eigenvalue weighted by Crippen LogP contribution is -2.12. The van der Waals surface area contributed by atoms with Crippen LogP contribution in [-0.2, 0) is 11.2 Å². The molecule has 2 aromatic heterocycles. The van der Waals surface area contributed by atoms with Crippen LogP contribution in [0.2, 0.25) is 0 Å². The summed E-state index contributed by atoms with van der Waals surface area (Å²) in [6, 6.07) is 14.2. The van der Waals surface area contributed by atoms with Crippen molar-refractivity contribution in [3.8, 4) is 11.3 Å². The number of thiazole rings is 1. The average molecular weight is 365 g/mol. The van der Waals surface area contributed by atoms with Gasteiger partial charge in [0.2, 0.25) is 5.91 Å². The van der Waals surface area contributed by atoms with E-state index in [1.54, 1.807) is 12.1 Å². The maximum Gasteiger partial charge on any atom is 0.226 e. The van der Waals surface area contributed by atoms with Crippen LogP contribution < -0.4 is 5.32 Å². The van der Waals surface area contributed by atoms with Crippen LogP contribution in [0.15, 0.2) is 60.1 Å². The molecule has 0 atom stereocenters. The Bertz CT molecular complexity index is 1050. The Balaban J connectivity index is 1.38. The number of carbonyl (C=O) groups is 1. The first-order chi connectivity index (χ1) is 12.7. The van der Waals surface area contributed by atoms with Gasteiger partial charge in [0.15, 0.2) is 5.13 Å². The second kappa shape index (κ2) is 7.09. The molecule has 0 aliphatic carbocycles. The van der Waals surface area contributed by atoms with Crippen molar-refractivity contribution in [2.75, 3.05) is 5.32 Å². The van der Waals surface area contributed by atoms with Gasteiger partial charge >= 0.3 is 0 Å². The van der Waals surface area contributed by atoms with E-state index in [2.05, 4.69) is 21.4 Å². The van der Waals surface area contributed by atoms with Crippen LogP contribution >= 0.6 is 11.3 Å². The fourth-order valence-corrected chi connectivity index (χ4v) is 3.59. The lowest BCUT2D eigenvalue weighted by atomic mass is 10.1. The number of hydrogen-bond acceptors (Lipinski definition) is 3. The maximum atomic E-state index is 13.0. The normalized spacial score (nSPS) is 11.0. The fraction of sp³-hybridized carbons (Fsp3) is 0.100. The summed E-state index contributed by atoms with van der Waals surface area (Å²) in [6.07, 6.45) is 2.99. The highest BCUT2D eigenvalue weighted by molar-refractivity contribution is 7.14. The maximum absolute atomic E-state index is 13.0. The highest BCUT2D eigenvalue weighted by atomic mass is 32.1. The number of nitrogens with zero attached hydrogens (tertiary/aromatic N) is 1. The van der Waals surface area contributed by atoms with E-state index in [0.717, 1.165) is 27.7 Å². The molecule has 0 aliphatic heterocycles. The molecule has 4 nitrogen and oxygen atoms in total. The number of carbonyl (C=O) groups excluding carboxylic acids is 1. The lowest BCUT2D eigenvalue weighted by molar-refractivity contribution is -0.116. The first-order valence-corrected chi connectivity index (χ1v) is 9.13. The number of benzene rings is 2. The monoisotopic (exact) mass is 365 g/mol. The van der Waals surface area contributed by atoms with Gasteiger partial charge in [0.05, 0.1) is 5.69 Å². The van der Waals surface area contributed by atoms with Gasteiger partial charge in [-0.15, -0.1) is 11.3 Å². The minimum atomic E-state index is -0.283. The van der Waals surface area contributed by atoms with Crippen LogP contribution in [0.5, 0.6) is 0 Å². The van der Waals surface area contributed by atoms with E-state index in [9.17, 15) is 9.18 Å². The topological polar surface area (TPSA) is 57.8 Å². The molecule has 4 aromatic rings. The van der Waals surface area contributed by atoms with Crippen LogP contribution in [0.4, 0.5) is 9.52 Å². The molecule has 1 amide bonds. The standard InChI is InChI=1S/C20H16FN3OS/c21-15-8-5-13(6-9-15)18-12-26-20(23-18)24-19(25)10-7-14-11-22-17-4-2-1-3-16(14)17/h1-6,8-9,11-12,22H,7,10H2,(H,23,24,25). The zero-order chi connectivity index (χ0) is 17.9. The summed E-state index contributed by atoms with van der Waals surface area (Å²) in [6.45, 7) is 0. The van der Waals surface area contributed by atoms with Crippen molar-refractivity contribution < 1.29 is 9.18 Å². The summed E-state index contributed by atoms with van der Waals surface area (Å²) in [4.78, 5) is 19.9. The molecule has 4 rings (SSSR count). The van der Waals surface area contributed by atoms with E-state index in [1.807, 2.05) is 29.8 Å². The Labute approximate surface area is 153 Å². The summed E-state index contributed by atoms with van der Waals surface area (Å²) in [7, 11) is 0. The van der Waals surface area contributed by atoms with E-state index >= 15 is 0 Å². The van der Waals surface area contributed by atoms with E-state index in [-0.39, 0.29) is 11.7 Å². The Kier molecular flexibility index (Phi) is 4.50. The molecule has 0 saturated carbocycles. The van der Waals surface area contributed by atoms with Crippen molar-refractivity contribution in [1.82, 2.24) is 9.97 Å². The van der Waals surface area contributed by atoms with Crippen molar-refractivity contribution in [2.45, 2.75) is 12.8 Å². The number of aryl methyl sites for hydroxylation is 1. The molecule has 2 N–H and O–H groups in total. The molecular weight excluding hydrogens is 349 g/mol. The largest absolute Gasteiger partial charge is 0.361 e. The molecule has 130 valence electrons. The van der Waals surface area contributed by atoms with Crippen LogP contribution in [0, 0.1) is 5.82 Å². The first kappa shape index (κ1) is 16.5. The summed E-state index contributed by atoms with van der Waals surface area (Å²) < 4.78 is 13.0. The molecule has 2 aromatic carbocycles. The van der Waals surface area contributed by atoms with Gasteiger partial charge in [0.25, 0.3) is 0 Å². The molecule has 26 heavy (non-hydrogen) atoms. The van der Waals surface area contributed by atoms with Crippen molar-refractivity contribution in [3.05, 3.63) is 71.5 Å². The third-order valence-corrected chi connectivity index (χ3v) is 4.94. The number of rotatable bonds is 5. The van der Waals surface area contributed by atoms with Gasteiger partial charge in [-0.3, -0.25) is 4.79 Å². The second-order valence-electron chi connectivity index (χ2n) is 5.95. The van der Waals surface area contributed by atoms with E-state index in [4.69, 9.17) is 0 Å². The SMILES string of the molecule is O=C(CCc1c[nH]c2ccccc12)Nc1nc(-c2ccc(F)cc2)cs1. The molecule has 0 spiro atoms. The fourth-order valence-electron chi connectivity index (χ4n) is 2.85. The third-order valence-electron chi connectivity index (χ3n) is 4.19. The summed E-state index contributed by atoms with van der Waals surface area (Å²) in [5.74, 6) is -0.356. The van der Waals surface area contributed by atoms with E-state index in [0.29, 0.717) is 18.0 Å². The summed E-state index contributed by atoms with van der Waals surface area (Å²) in [5, 5.41) is 6.38. The molecule has 0 aliphatic rings. The van der Waals surface area contributed by atoms with Crippen LogP contribution in [0.3, 0.4) is 0 Å². The summed E-state index contributed by atoms with van der Waals surface area (Å²) >= 11 is 1.36. The third kappa shape index (κ3) is 3.50. The van der Waals surface area contributed by atoms with E-state index < -0.39 is 0 Å². The number of para-hydroxylation sites is 1. The average Bonchev–Trinajstić information content (AvgIpc) is 3.28. The van der Waals surface area contributed by atoms with Gasteiger partial charge in [-0.1, -0.05) is 18.2 Å². The van der Waals surface area contributed by atoms with Crippen LogP contribution in [0.1, 0.15) is 12.0 Å². The quantitative estimate of drug-likeness (QED) is 0.523. The lowest BCUT2D eigenvalue weighted by Gasteiger charge is -2.01.